The third-order valence-corrected chi connectivity index (χ3v) is 2.14. The van der Waals surface area contributed by atoms with E-state index in [-0.39, 0.29) is 82.1 Å². The van der Waals surface area contributed by atoms with E-state index < -0.39 is 72.4 Å². The van der Waals surface area contributed by atoms with Gasteiger partial charge in [0.15, 0.2) is 0 Å². The van der Waals surface area contributed by atoms with Gasteiger partial charge in [-0.15, -0.1) is 0 Å². The van der Waals surface area contributed by atoms with E-state index in [9.17, 15) is 28.8 Å². The molecule has 0 rings (SSSR count). The SMILES string of the molecule is CC(O)C(=O)O.CC(O)C(=O)O.CC(O)C(=O)O.CC(O)C(=O)O.CC(O)C(=O)O.CC(O)C(=O)O.[Ce].[Sm]. The van der Waals surface area contributed by atoms with Crippen LogP contribution in [-0.2, 0) is 28.8 Å². The molecular weight excluding hydrogens is 795 g/mol. The second-order valence-electron chi connectivity index (χ2n) is 6.09. The third kappa shape index (κ3) is 76.5. The Morgan fingerprint density at radius 2 is 0.368 bits per heavy atom. The van der Waals surface area contributed by atoms with Gasteiger partial charge in [-0.1, -0.05) is 0 Å². The molecule has 0 aromatic rings. The van der Waals surface area contributed by atoms with Gasteiger partial charge < -0.3 is 61.3 Å². The van der Waals surface area contributed by atoms with Crippen LogP contribution >= 0.6 is 0 Å². The van der Waals surface area contributed by atoms with Gasteiger partial charge in [0.1, 0.15) is 36.6 Å². The molecule has 0 saturated carbocycles. The number of carbonyl (C=O) groups is 6. The molecule has 226 valence electrons. The van der Waals surface area contributed by atoms with E-state index in [1.54, 1.807) is 0 Å². The maximum Gasteiger partial charge on any atom is 0.332 e. The Bertz CT molecular complexity index is 495. The molecule has 0 radical (unpaired) electrons. The molecule has 0 heterocycles. The zero-order valence-electron chi connectivity index (χ0n) is 21.2. The summed E-state index contributed by atoms with van der Waals surface area (Å²) in [6, 6.07) is 0. The molecule has 20 heteroatoms. The van der Waals surface area contributed by atoms with Gasteiger partial charge in [-0.3, -0.25) is 0 Å². The average molecular weight is 831 g/mol. The number of rotatable bonds is 6. The molecule has 12 N–H and O–H groups in total. The molecule has 0 aliphatic rings. The molecule has 38 heavy (non-hydrogen) atoms. The monoisotopic (exact) mass is 832 g/mol. The standard InChI is InChI=1S/6C3H6O3.Ce.Sm/c6*1-2(4)3(5)6;;/h6*2,4H,1H3,(H,5,6);;. The fourth-order valence-electron chi connectivity index (χ4n) is 0. The van der Waals surface area contributed by atoms with Gasteiger partial charge in [0, 0.05) is 82.1 Å². The molecule has 0 fully saturated rings. The zero-order chi connectivity index (χ0) is 30.9. The molecule has 0 bridgehead atoms. The molecular formula is C18H36CeO18Sm. The first-order valence-corrected chi connectivity index (χ1v) is 9.31. The first-order valence-electron chi connectivity index (χ1n) is 9.31. The Balaban J connectivity index is -0.0000000469. The van der Waals surface area contributed by atoms with Crippen LogP contribution in [0.3, 0.4) is 0 Å². The number of aliphatic hydroxyl groups excluding tert-OH is 6. The van der Waals surface area contributed by atoms with E-state index in [0.717, 1.165) is 0 Å². The molecule has 0 aliphatic carbocycles. The van der Waals surface area contributed by atoms with Crippen molar-refractivity contribution in [3.63, 3.8) is 0 Å². The predicted molar refractivity (Wildman–Crippen MR) is 116 cm³/mol. The van der Waals surface area contributed by atoms with Crippen LogP contribution in [-0.4, -0.2) is 134 Å². The van der Waals surface area contributed by atoms with Crippen LogP contribution in [0.25, 0.3) is 0 Å². The van der Waals surface area contributed by atoms with Crippen molar-refractivity contribution in [2.45, 2.75) is 78.2 Å². The summed E-state index contributed by atoms with van der Waals surface area (Å²) in [6.07, 6.45) is -7.39. The van der Waals surface area contributed by atoms with Crippen molar-refractivity contribution in [2.75, 3.05) is 0 Å². The van der Waals surface area contributed by atoms with Crippen molar-refractivity contribution >= 4 is 35.8 Å². The fourth-order valence-corrected chi connectivity index (χ4v) is 0. The molecule has 6 atom stereocenters. The largest absolute Gasteiger partial charge is 0.479 e. The Morgan fingerprint density at radius 3 is 0.368 bits per heavy atom. The summed E-state index contributed by atoms with van der Waals surface area (Å²) in [5.74, 6) is -7.11. The van der Waals surface area contributed by atoms with Crippen LogP contribution in [0.5, 0.6) is 0 Å². The summed E-state index contributed by atoms with van der Waals surface area (Å²) < 4.78 is 0. The van der Waals surface area contributed by atoms with Crippen LogP contribution in [0.2, 0.25) is 0 Å². The van der Waals surface area contributed by atoms with Gasteiger partial charge in [0.05, 0.1) is 0 Å². The summed E-state index contributed by atoms with van der Waals surface area (Å²) in [5.41, 5.74) is 0. The van der Waals surface area contributed by atoms with E-state index in [0.29, 0.717) is 0 Å². The van der Waals surface area contributed by atoms with Crippen molar-refractivity contribution in [1.29, 1.82) is 0 Å². The average Bonchev–Trinajstić information content (AvgIpc) is 2.69. The van der Waals surface area contributed by atoms with E-state index in [2.05, 4.69) is 0 Å². The van der Waals surface area contributed by atoms with E-state index in [1.807, 2.05) is 0 Å². The number of carboxylic acid groups (broad SMARTS) is 6. The van der Waals surface area contributed by atoms with Gasteiger partial charge in [-0.05, 0) is 41.5 Å². The summed E-state index contributed by atoms with van der Waals surface area (Å²) in [6.45, 7) is 7.18. The van der Waals surface area contributed by atoms with Crippen molar-refractivity contribution in [1.82, 2.24) is 0 Å². The molecule has 6 unspecified atom stereocenters. The Labute approximate surface area is 283 Å². The first kappa shape index (κ1) is 57.2. The topological polar surface area (TPSA) is 345 Å². The summed E-state index contributed by atoms with van der Waals surface area (Å²) in [4.78, 5) is 56.7. The Hall–Kier alpha value is -0.706. The van der Waals surface area contributed by atoms with Crippen molar-refractivity contribution in [2.24, 2.45) is 0 Å². The number of aliphatic carboxylic acids is 6. The minimum atomic E-state index is -1.23. The van der Waals surface area contributed by atoms with E-state index >= 15 is 0 Å². The Morgan fingerprint density at radius 1 is 0.342 bits per heavy atom. The molecule has 18 nitrogen and oxygen atoms in total. The van der Waals surface area contributed by atoms with Gasteiger partial charge in [-0.2, -0.15) is 0 Å². The molecule has 0 aromatic heterocycles. The summed E-state index contributed by atoms with van der Waals surface area (Å²) >= 11 is 0. The summed E-state index contributed by atoms with van der Waals surface area (Å²) in [7, 11) is 0. The van der Waals surface area contributed by atoms with Crippen LogP contribution in [0, 0.1) is 82.1 Å². The maximum atomic E-state index is 9.45. The fraction of sp³-hybridized carbons (Fsp3) is 0.667. The minimum absolute atomic E-state index is 0. The number of carboxylic acids is 6. The quantitative estimate of drug-likeness (QED) is 0.125. The second-order valence-corrected chi connectivity index (χ2v) is 6.09. The van der Waals surface area contributed by atoms with Gasteiger partial charge in [0.25, 0.3) is 0 Å². The third-order valence-electron chi connectivity index (χ3n) is 2.14. The number of aliphatic hydroxyl groups is 6. The van der Waals surface area contributed by atoms with Gasteiger partial charge in [0.2, 0.25) is 0 Å². The zero-order valence-corrected chi connectivity index (χ0v) is 26.9. The molecule has 0 amide bonds. The van der Waals surface area contributed by atoms with Crippen LogP contribution in [0.1, 0.15) is 41.5 Å². The van der Waals surface area contributed by atoms with Gasteiger partial charge in [-0.25, -0.2) is 28.8 Å². The smallest absolute Gasteiger partial charge is 0.332 e. The van der Waals surface area contributed by atoms with Crippen molar-refractivity contribution in [3.8, 4) is 0 Å². The van der Waals surface area contributed by atoms with Crippen LogP contribution < -0.4 is 0 Å². The van der Waals surface area contributed by atoms with Crippen LogP contribution in [0.4, 0.5) is 0 Å². The minimum Gasteiger partial charge on any atom is -0.479 e. The maximum absolute atomic E-state index is 9.45. The van der Waals surface area contributed by atoms with E-state index in [1.165, 1.54) is 41.5 Å². The summed E-state index contributed by atoms with van der Waals surface area (Å²) in [5, 5.41) is 94.6. The molecule has 0 aliphatic heterocycles. The number of hydrogen-bond donors (Lipinski definition) is 12. The molecule has 0 aromatic carbocycles. The second kappa shape index (κ2) is 36.3. The van der Waals surface area contributed by atoms with E-state index in [4.69, 9.17) is 61.3 Å². The first-order chi connectivity index (χ1) is 15.9. The molecule has 0 spiro atoms. The van der Waals surface area contributed by atoms with Crippen molar-refractivity contribution in [3.05, 3.63) is 0 Å². The normalized spacial score (nSPS) is 12.9. The van der Waals surface area contributed by atoms with Crippen LogP contribution in [0.15, 0.2) is 0 Å². The number of hydrogen-bond acceptors (Lipinski definition) is 12. The van der Waals surface area contributed by atoms with Gasteiger partial charge >= 0.3 is 35.8 Å². The molecule has 0 saturated heterocycles. The predicted octanol–water partition coefficient (Wildman–Crippen LogP) is -3.29. The Kier molecular flexibility index (Phi) is 54.7. The van der Waals surface area contributed by atoms with Crippen molar-refractivity contribution < 1.29 is 172 Å².